The van der Waals surface area contributed by atoms with Crippen LogP contribution in [0.25, 0.3) is 11.1 Å². The number of benzene rings is 3. The quantitative estimate of drug-likeness (QED) is 0.519. The highest BCUT2D eigenvalue weighted by molar-refractivity contribution is 5.73. The first-order chi connectivity index (χ1) is 15.3. The van der Waals surface area contributed by atoms with E-state index in [1.807, 2.05) is 12.1 Å². The van der Waals surface area contributed by atoms with E-state index in [4.69, 9.17) is 14.6 Å². The van der Waals surface area contributed by atoms with E-state index in [2.05, 4.69) is 11.8 Å². The van der Waals surface area contributed by atoms with Crippen LogP contribution in [-0.4, -0.2) is 24.8 Å². The summed E-state index contributed by atoms with van der Waals surface area (Å²) in [5, 5.41) is 8.99. The lowest BCUT2D eigenvalue weighted by atomic mass is 10.0. The number of aliphatic carboxylic acids is 1. The van der Waals surface area contributed by atoms with Crippen LogP contribution in [0, 0.1) is 11.8 Å². The fourth-order valence-electron chi connectivity index (χ4n) is 3.03. The van der Waals surface area contributed by atoms with E-state index in [9.17, 15) is 18.0 Å². The largest absolute Gasteiger partial charge is 0.493 e. The van der Waals surface area contributed by atoms with Crippen LogP contribution < -0.4 is 9.47 Å². The predicted octanol–water partition coefficient (Wildman–Crippen LogP) is 5.44. The number of halogens is 3. The lowest BCUT2D eigenvalue weighted by molar-refractivity contribution is -0.138. The average molecular weight is 440 g/mol. The van der Waals surface area contributed by atoms with Crippen LogP contribution in [0.2, 0.25) is 0 Å². The maximum Gasteiger partial charge on any atom is 0.416 e. The van der Waals surface area contributed by atoms with Crippen molar-refractivity contribution in [2.24, 2.45) is 0 Å². The molecule has 1 N–H and O–H groups in total. The van der Waals surface area contributed by atoms with Gasteiger partial charge in [-0.1, -0.05) is 48.2 Å². The third-order valence-corrected chi connectivity index (χ3v) is 4.50. The van der Waals surface area contributed by atoms with Crippen LogP contribution in [0.15, 0.2) is 66.7 Å². The number of alkyl halides is 3. The molecule has 0 heterocycles. The van der Waals surface area contributed by atoms with E-state index in [0.29, 0.717) is 17.1 Å². The minimum absolute atomic E-state index is 0.0604. The zero-order valence-corrected chi connectivity index (χ0v) is 17.1. The Morgan fingerprint density at radius 3 is 2.44 bits per heavy atom. The fraction of sp³-hybridized carbons (Fsp3) is 0.160. The molecule has 0 bridgehead atoms. The highest BCUT2D eigenvalue weighted by Crippen LogP contribution is 2.33. The van der Waals surface area contributed by atoms with Crippen LogP contribution in [0.1, 0.15) is 16.7 Å². The summed E-state index contributed by atoms with van der Waals surface area (Å²) in [5.74, 6) is 5.34. The van der Waals surface area contributed by atoms with E-state index in [-0.39, 0.29) is 18.6 Å². The Kier molecular flexibility index (Phi) is 7.06. The maximum atomic E-state index is 12.8. The number of ether oxygens (including phenoxy) is 2. The molecule has 164 valence electrons. The molecule has 3 rings (SSSR count). The normalized spacial score (nSPS) is 10.8. The van der Waals surface area contributed by atoms with Crippen LogP contribution in [-0.2, 0) is 17.4 Å². The number of carboxylic acid groups (broad SMARTS) is 1. The fourth-order valence-corrected chi connectivity index (χ4v) is 3.03. The number of carboxylic acids is 1. The van der Waals surface area contributed by atoms with Gasteiger partial charge >= 0.3 is 12.1 Å². The minimum Gasteiger partial charge on any atom is -0.493 e. The highest BCUT2D eigenvalue weighted by atomic mass is 19.4. The standard InChI is InChI=1S/C25H19F3O4/c1-31-22-11-10-20(19-8-2-6-18(13-19)15-24(29)30)16-23(22)32-12-4-7-17-5-3-9-21(14-17)25(26,27)28/h2-3,5-6,8-11,13-14,16H,12,15H2,1H3,(H,29,30). The van der Waals surface area contributed by atoms with E-state index in [0.717, 1.165) is 23.3 Å². The Balaban J connectivity index is 1.77. The molecular weight excluding hydrogens is 421 g/mol. The van der Waals surface area contributed by atoms with Gasteiger partial charge in [0.15, 0.2) is 11.5 Å². The molecule has 0 saturated heterocycles. The molecule has 0 aliphatic rings. The Morgan fingerprint density at radius 1 is 0.969 bits per heavy atom. The van der Waals surface area contributed by atoms with Crippen molar-refractivity contribution in [3.63, 3.8) is 0 Å². The van der Waals surface area contributed by atoms with Gasteiger partial charge in [-0.3, -0.25) is 4.79 Å². The summed E-state index contributed by atoms with van der Waals surface area (Å²) in [4.78, 5) is 11.0. The number of hydrogen-bond acceptors (Lipinski definition) is 3. The first-order valence-corrected chi connectivity index (χ1v) is 9.54. The average Bonchev–Trinajstić information content (AvgIpc) is 2.76. The minimum atomic E-state index is -4.43. The van der Waals surface area contributed by atoms with Crippen molar-refractivity contribution in [2.45, 2.75) is 12.6 Å². The maximum absolute atomic E-state index is 12.8. The number of methoxy groups -OCH3 is 1. The Bertz CT molecular complexity index is 1170. The van der Waals surface area contributed by atoms with Gasteiger partial charge in [-0.25, -0.2) is 0 Å². The van der Waals surface area contributed by atoms with Crippen molar-refractivity contribution >= 4 is 5.97 Å². The van der Waals surface area contributed by atoms with Gasteiger partial charge < -0.3 is 14.6 Å². The SMILES string of the molecule is COc1ccc(-c2cccc(CC(=O)O)c2)cc1OCC#Cc1cccc(C(F)(F)F)c1. The van der Waals surface area contributed by atoms with Crippen molar-refractivity contribution in [1.29, 1.82) is 0 Å². The molecule has 3 aromatic rings. The van der Waals surface area contributed by atoms with Crippen LogP contribution >= 0.6 is 0 Å². The van der Waals surface area contributed by atoms with Crippen molar-refractivity contribution in [3.05, 3.63) is 83.4 Å². The molecule has 7 heteroatoms. The van der Waals surface area contributed by atoms with Gasteiger partial charge in [0.1, 0.15) is 6.61 Å². The van der Waals surface area contributed by atoms with Gasteiger partial charge in [0.2, 0.25) is 0 Å². The number of rotatable bonds is 6. The highest BCUT2D eigenvalue weighted by Gasteiger charge is 2.30. The second-order valence-electron chi connectivity index (χ2n) is 6.81. The van der Waals surface area contributed by atoms with Gasteiger partial charge in [0, 0.05) is 5.56 Å². The number of hydrogen-bond donors (Lipinski definition) is 1. The molecule has 0 atom stereocenters. The molecule has 0 unspecified atom stereocenters. The third kappa shape index (κ3) is 6.05. The van der Waals surface area contributed by atoms with Gasteiger partial charge in [-0.05, 0) is 47.0 Å². The zero-order chi connectivity index (χ0) is 23.1. The third-order valence-electron chi connectivity index (χ3n) is 4.50. The first kappa shape index (κ1) is 22.8. The summed E-state index contributed by atoms with van der Waals surface area (Å²) < 4.78 is 49.4. The second-order valence-corrected chi connectivity index (χ2v) is 6.81. The molecule has 32 heavy (non-hydrogen) atoms. The first-order valence-electron chi connectivity index (χ1n) is 9.54. The summed E-state index contributed by atoms with van der Waals surface area (Å²) >= 11 is 0. The van der Waals surface area contributed by atoms with Gasteiger partial charge in [0.05, 0.1) is 19.1 Å². The van der Waals surface area contributed by atoms with Crippen LogP contribution in [0.5, 0.6) is 11.5 Å². The summed E-state index contributed by atoms with van der Waals surface area (Å²) in [7, 11) is 1.49. The summed E-state index contributed by atoms with van der Waals surface area (Å²) in [6, 6.07) is 17.2. The molecule has 0 radical (unpaired) electrons. The Morgan fingerprint density at radius 2 is 1.72 bits per heavy atom. The van der Waals surface area contributed by atoms with E-state index < -0.39 is 17.7 Å². The summed E-state index contributed by atoms with van der Waals surface area (Å²) in [6.07, 6.45) is -4.51. The van der Waals surface area contributed by atoms with Crippen molar-refractivity contribution in [1.82, 2.24) is 0 Å². The molecule has 0 aromatic heterocycles. The van der Waals surface area contributed by atoms with Crippen LogP contribution in [0.4, 0.5) is 13.2 Å². The molecular formula is C25H19F3O4. The monoisotopic (exact) mass is 440 g/mol. The number of carbonyl (C=O) groups is 1. The zero-order valence-electron chi connectivity index (χ0n) is 17.1. The molecule has 0 aliphatic heterocycles. The predicted molar refractivity (Wildman–Crippen MR) is 114 cm³/mol. The van der Waals surface area contributed by atoms with Gasteiger partial charge in [-0.15, -0.1) is 0 Å². The topological polar surface area (TPSA) is 55.8 Å². The summed E-state index contributed by atoms with van der Waals surface area (Å²) in [5.41, 5.74) is 1.74. The molecule has 3 aromatic carbocycles. The van der Waals surface area contributed by atoms with Crippen molar-refractivity contribution < 1.29 is 32.5 Å². The van der Waals surface area contributed by atoms with E-state index in [1.54, 1.807) is 30.3 Å². The molecule has 0 saturated carbocycles. The second kappa shape index (κ2) is 9.92. The Hall–Kier alpha value is -3.92. The molecule has 4 nitrogen and oxygen atoms in total. The van der Waals surface area contributed by atoms with Crippen molar-refractivity contribution in [2.75, 3.05) is 13.7 Å². The molecule has 0 fully saturated rings. The van der Waals surface area contributed by atoms with Gasteiger partial charge in [-0.2, -0.15) is 13.2 Å². The summed E-state index contributed by atoms with van der Waals surface area (Å²) in [6.45, 7) is -0.0604. The van der Waals surface area contributed by atoms with E-state index in [1.165, 1.54) is 19.2 Å². The molecule has 0 spiro atoms. The van der Waals surface area contributed by atoms with Crippen molar-refractivity contribution in [3.8, 4) is 34.5 Å². The molecule has 0 amide bonds. The lowest BCUT2D eigenvalue weighted by Gasteiger charge is -2.11. The molecule has 0 aliphatic carbocycles. The van der Waals surface area contributed by atoms with E-state index >= 15 is 0 Å². The van der Waals surface area contributed by atoms with Crippen LogP contribution in [0.3, 0.4) is 0 Å². The Labute approximate surface area is 183 Å². The lowest BCUT2D eigenvalue weighted by Crippen LogP contribution is -2.04. The van der Waals surface area contributed by atoms with Gasteiger partial charge in [0.25, 0.3) is 0 Å². The smallest absolute Gasteiger partial charge is 0.416 e.